The zero-order chi connectivity index (χ0) is 19.3. The highest BCUT2D eigenvalue weighted by atomic mass is 16.5. The summed E-state index contributed by atoms with van der Waals surface area (Å²) in [6, 6.07) is 0. The molecule has 0 unspecified atom stereocenters. The van der Waals surface area contributed by atoms with Gasteiger partial charge < -0.3 is 9.47 Å². The third-order valence-electron chi connectivity index (χ3n) is 4.17. The van der Waals surface area contributed by atoms with Crippen LogP contribution in [0.4, 0.5) is 0 Å². The van der Waals surface area contributed by atoms with Crippen molar-refractivity contribution in [2.45, 2.75) is 104 Å². The van der Waals surface area contributed by atoms with Crippen molar-refractivity contribution >= 4 is 11.9 Å². The molecule has 152 valence electrons. The van der Waals surface area contributed by atoms with Gasteiger partial charge in [0, 0.05) is 12.5 Å². The molecule has 0 saturated carbocycles. The first-order valence-corrected chi connectivity index (χ1v) is 10.7. The number of carbonyl (C=O) groups excluding carboxylic acids is 2. The van der Waals surface area contributed by atoms with E-state index in [4.69, 9.17) is 9.47 Å². The van der Waals surface area contributed by atoms with Crippen LogP contribution in [0, 0.1) is 0 Å². The van der Waals surface area contributed by atoms with E-state index >= 15 is 0 Å². The lowest BCUT2D eigenvalue weighted by Crippen LogP contribution is -2.04. The highest BCUT2D eigenvalue weighted by Crippen LogP contribution is 2.12. The normalized spacial score (nSPS) is 11.0. The van der Waals surface area contributed by atoms with E-state index in [0.717, 1.165) is 38.5 Å². The van der Waals surface area contributed by atoms with Gasteiger partial charge in [0.15, 0.2) is 0 Å². The van der Waals surface area contributed by atoms with E-state index in [1.54, 1.807) is 6.08 Å². The summed E-state index contributed by atoms with van der Waals surface area (Å²) in [4.78, 5) is 22.6. The van der Waals surface area contributed by atoms with Crippen molar-refractivity contribution in [3.05, 3.63) is 12.2 Å². The van der Waals surface area contributed by atoms with Crippen molar-refractivity contribution in [2.75, 3.05) is 13.2 Å². The van der Waals surface area contributed by atoms with Crippen LogP contribution in [0.3, 0.4) is 0 Å². The van der Waals surface area contributed by atoms with Crippen molar-refractivity contribution in [3.8, 4) is 0 Å². The monoisotopic (exact) mass is 368 g/mol. The van der Waals surface area contributed by atoms with Gasteiger partial charge in [-0.25, -0.2) is 4.79 Å². The highest BCUT2D eigenvalue weighted by molar-refractivity contribution is 5.81. The van der Waals surface area contributed by atoms with Crippen LogP contribution in [0.25, 0.3) is 0 Å². The van der Waals surface area contributed by atoms with Crippen LogP contribution < -0.4 is 0 Å². The topological polar surface area (TPSA) is 52.6 Å². The molecule has 26 heavy (non-hydrogen) atoms. The number of carbonyl (C=O) groups is 2. The Labute approximate surface area is 160 Å². The van der Waals surface area contributed by atoms with Crippen molar-refractivity contribution in [2.24, 2.45) is 0 Å². The largest absolute Gasteiger partial charge is 0.466 e. The summed E-state index contributed by atoms with van der Waals surface area (Å²) in [7, 11) is 0. The molecule has 0 bridgehead atoms. The molecule has 0 aliphatic heterocycles. The van der Waals surface area contributed by atoms with Gasteiger partial charge in [0.2, 0.25) is 0 Å². The van der Waals surface area contributed by atoms with Crippen LogP contribution in [0.2, 0.25) is 0 Å². The Kier molecular flexibility index (Phi) is 19.0. The van der Waals surface area contributed by atoms with Crippen molar-refractivity contribution in [1.29, 1.82) is 0 Å². The first-order chi connectivity index (χ1) is 12.7. The molecular weight excluding hydrogens is 328 g/mol. The maximum atomic E-state index is 11.3. The molecule has 0 fully saturated rings. The van der Waals surface area contributed by atoms with Crippen LogP contribution >= 0.6 is 0 Å². The highest BCUT2D eigenvalue weighted by Gasteiger charge is 2.01. The lowest BCUT2D eigenvalue weighted by Gasteiger charge is -2.04. The zero-order valence-electron chi connectivity index (χ0n) is 17.1. The molecule has 0 aromatic rings. The van der Waals surface area contributed by atoms with Crippen LogP contribution in [0.1, 0.15) is 104 Å². The molecular formula is C22H40O4. The Morgan fingerprint density at radius 1 is 0.692 bits per heavy atom. The summed E-state index contributed by atoms with van der Waals surface area (Å²) < 4.78 is 10.0. The second-order valence-corrected chi connectivity index (χ2v) is 6.86. The van der Waals surface area contributed by atoms with Gasteiger partial charge in [-0.05, 0) is 32.1 Å². The van der Waals surface area contributed by atoms with E-state index < -0.39 is 0 Å². The fourth-order valence-electron chi connectivity index (χ4n) is 2.66. The number of hydrogen-bond donors (Lipinski definition) is 0. The molecule has 0 aliphatic rings. The number of allylic oxidation sites excluding steroid dienone is 1. The molecule has 0 aliphatic carbocycles. The Morgan fingerprint density at radius 2 is 1.19 bits per heavy atom. The van der Waals surface area contributed by atoms with Crippen molar-refractivity contribution in [3.63, 3.8) is 0 Å². The molecule has 0 saturated heterocycles. The van der Waals surface area contributed by atoms with Crippen LogP contribution in [0.5, 0.6) is 0 Å². The molecule has 0 rings (SSSR count). The molecule has 0 heterocycles. The minimum absolute atomic E-state index is 0.0421. The van der Waals surface area contributed by atoms with Gasteiger partial charge in [-0.3, -0.25) is 4.79 Å². The van der Waals surface area contributed by atoms with Gasteiger partial charge >= 0.3 is 11.9 Å². The molecule has 4 nitrogen and oxygen atoms in total. The SMILES string of the molecule is CCCOC(=O)/C=C/CCCCCCCCCCCCC(=O)OCCC. The lowest BCUT2D eigenvalue weighted by atomic mass is 10.1. The van der Waals surface area contributed by atoms with E-state index in [2.05, 4.69) is 0 Å². The molecule has 0 amide bonds. The second-order valence-electron chi connectivity index (χ2n) is 6.86. The predicted octanol–water partition coefficient (Wildman–Crippen LogP) is 6.13. The first-order valence-electron chi connectivity index (χ1n) is 10.7. The quantitative estimate of drug-likeness (QED) is 0.166. The van der Waals surface area contributed by atoms with Gasteiger partial charge in [0.1, 0.15) is 0 Å². The Morgan fingerprint density at radius 3 is 1.77 bits per heavy atom. The second kappa shape index (κ2) is 20.0. The Hall–Kier alpha value is -1.32. The summed E-state index contributed by atoms with van der Waals surface area (Å²) in [5.41, 5.74) is 0. The van der Waals surface area contributed by atoms with Gasteiger partial charge in [0.05, 0.1) is 13.2 Å². The van der Waals surface area contributed by atoms with Gasteiger partial charge in [-0.2, -0.15) is 0 Å². The molecule has 0 aromatic carbocycles. The number of hydrogen-bond acceptors (Lipinski definition) is 4. The first kappa shape index (κ1) is 24.7. The zero-order valence-corrected chi connectivity index (χ0v) is 17.1. The van der Waals surface area contributed by atoms with Crippen LogP contribution in [0.15, 0.2) is 12.2 Å². The van der Waals surface area contributed by atoms with Crippen molar-refractivity contribution in [1.82, 2.24) is 0 Å². The van der Waals surface area contributed by atoms with E-state index in [-0.39, 0.29) is 11.9 Å². The minimum atomic E-state index is -0.218. The van der Waals surface area contributed by atoms with Crippen LogP contribution in [-0.4, -0.2) is 25.2 Å². The summed E-state index contributed by atoms with van der Waals surface area (Å²) in [5, 5.41) is 0. The van der Waals surface area contributed by atoms with Gasteiger partial charge in [-0.1, -0.05) is 71.3 Å². The molecule has 0 N–H and O–H groups in total. The van der Waals surface area contributed by atoms with Gasteiger partial charge in [-0.15, -0.1) is 0 Å². The predicted molar refractivity (Wildman–Crippen MR) is 107 cm³/mol. The average Bonchev–Trinajstić information content (AvgIpc) is 2.64. The summed E-state index contributed by atoms with van der Waals surface area (Å²) in [6.45, 7) is 5.07. The van der Waals surface area contributed by atoms with Crippen molar-refractivity contribution < 1.29 is 19.1 Å². The lowest BCUT2D eigenvalue weighted by molar-refractivity contribution is -0.143. The number of rotatable bonds is 18. The van der Waals surface area contributed by atoms with E-state index in [1.165, 1.54) is 44.9 Å². The summed E-state index contributed by atoms with van der Waals surface area (Å²) >= 11 is 0. The van der Waals surface area contributed by atoms with Crippen LogP contribution in [-0.2, 0) is 19.1 Å². The average molecular weight is 369 g/mol. The van der Waals surface area contributed by atoms with E-state index in [9.17, 15) is 9.59 Å². The number of ether oxygens (including phenoxy) is 2. The molecule has 0 aromatic heterocycles. The maximum Gasteiger partial charge on any atom is 0.330 e. The standard InChI is InChI=1S/C22H40O4/c1-3-19-25-21(23)17-15-13-11-9-7-5-6-8-10-12-14-16-18-22(24)26-20-4-2/h15,17H,3-14,16,18-20H2,1-2H3/b17-15+. The number of unbranched alkanes of at least 4 members (excludes halogenated alkanes) is 10. The minimum Gasteiger partial charge on any atom is -0.466 e. The third-order valence-corrected chi connectivity index (χ3v) is 4.17. The maximum absolute atomic E-state index is 11.3. The number of esters is 2. The third kappa shape index (κ3) is 19.0. The Balaban J connectivity index is 3.21. The van der Waals surface area contributed by atoms with Gasteiger partial charge in [0.25, 0.3) is 0 Å². The molecule has 4 heteroatoms. The smallest absolute Gasteiger partial charge is 0.330 e. The molecule has 0 radical (unpaired) electrons. The van der Waals surface area contributed by atoms with E-state index in [0.29, 0.717) is 19.6 Å². The molecule has 0 spiro atoms. The van der Waals surface area contributed by atoms with E-state index in [1.807, 2.05) is 19.9 Å². The molecule has 0 atom stereocenters. The summed E-state index contributed by atoms with van der Waals surface area (Å²) in [5.74, 6) is -0.260. The Bertz CT molecular complexity index is 363. The summed E-state index contributed by atoms with van der Waals surface area (Å²) in [6.07, 6.45) is 18.9. The fourth-order valence-corrected chi connectivity index (χ4v) is 2.66. The fraction of sp³-hybridized carbons (Fsp3) is 0.818.